The van der Waals surface area contributed by atoms with Crippen LogP contribution in [0.15, 0.2) is 12.4 Å². The number of nitrogens with one attached hydrogen (secondary N) is 1. The molecule has 1 heterocycles. The first-order valence-electron chi connectivity index (χ1n) is 8.38. The summed E-state index contributed by atoms with van der Waals surface area (Å²) >= 11 is 0. The highest BCUT2D eigenvalue weighted by Crippen LogP contribution is 2.24. The molecule has 1 aliphatic carbocycles. The van der Waals surface area contributed by atoms with E-state index in [1.165, 1.54) is 32.1 Å². The summed E-state index contributed by atoms with van der Waals surface area (Å²) in [5, 5.41) is 3.42. The topological polar surface area (TPSA) is 41.1 Å². The molecule has 1 aromatic rings. The smallest absolute Gasteiger partial charge is 0.225 e. The average Bonchev–Trinajstić information content (AvgIpc) is 2.48. The average molecular weight is 290 g/mol. The van der Waals surface area contributed by atoms with E-state index >= 15 is 0 Å². The van der Waals surface area contributed by atoms with Crippen LogP contribution in [-0.2, 0) is 6.54 Å². The predicted molar refractivity (Wildman–Crippen MR) is 88.4 cm³/mol. The minimum atomic E-state index is 0.673. The van der Waals surface area contributed by atoms with Gasteiger partial charge >= 0.3 is 0 Å². The van der Waals surface area contributed by atoms with E-state index in [0.29, 0.717) is 5.92 Å². The highest BCUT2D eigenvalue weighted by atomic mass is 15.2. The fourth-order valence-corrected chi connectivity index (χ4v) is 2.98. The summed E-state index contributed by atoms with van der Waals surface area (Å²) in [6.45, 7) is 7.40. The molecule has 0 saturated heterocycles. The van der Waals surface area contributed by atoms with E-state index in [-0.39, 0.29) is 0 Å². The second-order valence-corrected chi connectivity index (χ2v) is 6.80. The van der Waals surface area contributed by atoms with Crippen LogP contribution < -0.4 is 10.2 Å². The molecule has 0 atom stereocenters. The van der Waals surface area contributed by atoms with Crippen LogP contribution in [0.4, 0.5) is 5.95 Å². The van der Waals surface area contributed by atoms with Crippen molar-refractivity contribution in [1.82, 2.24) is 15.3 Å². The number of hydrogen-bond acceptors (Lipinski definition) is 4. The van der Waals surface area contributed by atoms with Gasteiger partial charge in [-0.1, -0.05) is 33.1 Å². The van der Waals surface area contributed by atoms with Crippen molar-refractivity contribution >= 4 is 5.95 Å². The van der Waals surface area contributed by atoms with Gasteiger partial charge in [0.05, 0.1) is 0 Å². The molecule has 0 aromatic carbocycles. The lowest BCUT2D eigenvalue weighted by Crippen LogP contribution is -2.28. The monoisotopic (exact) mass is 290 g/mol. The van der Waals surface area contributed by atoms with E-state index in [1.807, 2.05) is 12.4 Å². The Hall–Kier alpha value is -1.16. The van der Waals surface area contributed by atoms with E-state index in [2.05, 4.69) is 41.1 Å². The predicted octanol–water partition coefficient (Wildman–Crippen LogP) is 3.24. The Morgan fingerprint density at radius 3 is 2.48 bits per heavy atom. The van der Waals surface area contributed by atoms with Crippen molar-refractivity contribution in [2.24, 2.45) is 11.8 Å². The molecule has 1 aromatic heterocycles. The number of aromatic nitrogens is 2. The molecule has 118 valence electrons. The quantitative estimate of drug-likeness (QED) is 0.837. The standard InChI is InChI=1S/C17H30N4/c1-14(2)9-18-10-16-11-19-17(20-12-16)21(3)13-15-7-5-4-6-8-15/h11-12,14-15,18H,4-10,13H2,1-3H3. The summed E-state index contributed by atoms with van der Waals surface area (Å²) in [5.41, 5.74) is 1.16. The number of anilines is 1. The van der Waals surface area contributed by atoms with Gasteiger partial charge in [0.25, 0.3) is 0 Å². The minimum Gasteiger partial charge on any atom is -0.344 e. The largest absolute Gasteiger partial charge is 0.344 e. The lowest BCUT2D eigenvalue weighted by Gasteiger charge is -2.27. The van der Waals surface area contributed by atoms with Crippen LogP contribution in [0.25, 0.3) is 0 Å². The summed E-state index contributed by atoms with van der Waals surface area (Å²) in [7, 11) is 2.11. The summed E-state index contributed by atoms with van der Waals surface area (Å²) in [6.07, 6.45) is 10.8. The third-order valence-corrected chi connectivity index (χ3v) is 4.17. The van der Waals surface area contributed by atoms with E-state index < -0.39 is 0 Å². The van der Waals surface area contributed by atoms with Gasteiger partial charge in [0.1, 0.15) is 0 Å². The summed E-state index contributed by atoms with van der Waals surface area (Å²) < 4.78 is 0. The molecule has 0 amide bonds. The summed E-state index contributed by atoms with van der Waals surface area (Å²) in [6, 6.07) is 0. The van der Waals surface area contributed by atoms with Gasteiger partial charge < -0.3 is 10.2 Å². The van der Waals surface area contributed by atoms with Gasteiger partial charge in [-0.25, -0.2) is 9.97 Å². The van der Waals surface area contributed by atoms with Gasteiger partial charge in [-0.2, -0.15) is 0 Å². The molecule has 21 heavy (non-hydrogen) atoms. The van der Waals surface area contributed by atoms with Crippen molar-refractivity contribution in [1.29, 1.82) is 0 Å². The lowest BCUT2D eigenvalue weighted by molar-refractivity contribution is 0.361. The van der Waals surface area contributed by atoms with E-state index in [4.69, 9.17) is 0 Å². The number of rotatable bonds is 7. The zero-order chi connectivity index (χ0) is 15.1. The SMILES string of the molecule is CC(C)CNCc1cnc(N(C)CC2CCCCC2)nc1. The Bertz CT molecular complexity index is 396. The molecule has 1 fully saturated rings. The second kappa shape index (κ2) is 8.32. The van der Waals surface area contributed by atoms with Gasteiger partial charge in [-0.05, 0) is 31.2 Å². The molecule has 0 bridgehead atoms. The van der Waals surface area contributed by atoms with Crippen molar-refractivity contribution in [3.05, 3.63) is 18.0 Å². The highest BCUT2D eigenvalue weighted by Gasteiger charge is 2.16. The van der Waals surface area contributed by atoms with Crippen LogP contribution in [0.5, 0.6) is 0 Å². The molecule has 1 saturated carbocycles. The second-order valence-electron chi connectivity index (χ2n) is 6.80. The Balaban J connectivity index is 1.80. The Labute approximate surface area is 129 Å². The van der Waals surface area contributed by atoms with E-state index in [1.54, 1.807) is 0 Å². The first-order valence-corrected chi connectivity index (χ1v) is 8.38. The molecule has 0 aliphatic heterocycles. The van der Waals surface area contributed by atoms with Crippen molar-refractivity contribution in [2.45, 2.75) is 52.5 Å². The third kappa shape index (κ3) is 5.62. The molecule has 0 spiro atoms. The molecule has 0 unspecified atom stereocenters. The maximum atomic E-state index is 4.52. The van der Waals surface area contributed by atoms with Gasteiger partial charge in [-0.3, -0.25) is 0 Å². The zero-order valence-corrected chi connectivity index (χ0v) is 13.8. The van der Waals surface area contributed by atoms with Crippen LogP contribution >= 0.6 is 0 Å². The summed E-state index contributed by atoms with van der Waals surface area (Å²) in [4.78, 5) is 11.2. The van der Waals surface area contributed by atoms with Gasteiger partial charge in [0.15, 0.2) is 0 Å². The van der Waals surface area contributed by atoms with Gasteiger partial charge in [-0.15, -0.1) is 0 Å². The molecular weight excluding hydrogens is 260 g/mol. The Kier molecular flexibility index (Phi) is 6.43. The Morgan fingerprint density at radius 2 is 1.86 bits per heavy atom. The van der Waals surface area contributed by atoms with Gasteiger partial charge in [0.2, 0.25) is 5.95 Å². The zero-order valence-electron chi connectivity index (χ0n) is 13.8. The molecule has 2 rings (SSSR count). The highest BCUT2D eigenvalue weighted by molar-refractivity contribution is 5.28. The van der Waals surface area contributed by atoms with Gasteiger partial charge in [0, 0.05) is 38.1 Å². The van der Waals surface area contributed by atoms with Crippen molar-refractivity contribution in [3.63, 3.8) is 0 Å². The van der Waals surface area contributed by atoms with Crippen LogP contribution in [0, 0.1) is 11.8 Å². The maximum absolute atomic E-state index is 4.52. The van der Waals surface area contributed by atoms with Crippen LogP contribution in [0.2, 0.25) is 0 Å². The minimum absolute atomic E-state index is 0.673. The Morgan fingerprint density at radius 1 is 1.19 bits per heavy atom. The number of nitrogens with zero attached hydrogens (tertiary/aromatic N) is 3. The fraction of sp³-hybridized carbons (Fsp3) is 0.765. The molecule has 1 aliphatic rings. The van der Waals surface area contributed by atoms with E-state index in [0.717, 1.165) is 37.1 Å². The molecule has 4 nitrogen and oxygen atoms in total. The molecule has 4 heteroatoms. The van der Waals surface area contributed by atoms with E-state index in [9.17, 15) is 0 Å². The van der Waals surface area contributed by atoms with Crippen LogP contribution in [0.1, 0.15) is 51.5 Å². The van der Waals surface area contributed by atoms with Crippen molar-refractivity contribution in [2.75, 3.05) is 25.0 Å². The third-order valence-electron chi connectivity index (χ3n) is 4.17. The number of hydrogen-bond donors (Lipinski definition) is 1. The summed E-state index contributed by atoms with van der Waals surface area (Å²) in [5.74, 6) is 2.35. The van der Waals surface area contributed by atoms with Crippen LogP contribution in [0.3, 0.4) is 0 Å². The maximum Gasteiger partial charge on any atom is 0.225 e. The first-order chi connectivity index (χ1) is 10.1. The lowest BCUT2D eigenvalue weighted by atomic mass is 9.89. The fourth-order valence-electron chi connectivity index (χ4n) is 2.98. The normalized spacial score (nSPS) is 16.4. The molecular formula is C17H30N4. The first kappa shape index (κ1) is 16.2. The molecule has 0 radical (unpaired) electrons. The van der Waals surface area contributed by atoms with Crippen LogP contribution in [-0.4, -0.2) is 30.1 Å². The molecule has 1 N–H and O–H groups in total. The van der Waals surface area contributed by atoms with Crippen molar-refractivity contribution < 1.29 is 0 Å². The van der Waals surface area contributed by atoms with Crippen molar-refractivity contribution in [3.8, 4) is 0 Å².